The largest absolute Gasteiger partial charge is 0.493 e. The molecule has 0 saturated carbocycles. The van der Waals surface area contributed by atoms with Gasteiger partial charge in [0.1, 0.15) is 5.88 Å². The Balaban J connectivity index is 1.50. The van der Waals surface area contributed by atoms with Crippen molar-refractivity contribution >= 4 is 34.9 Å². The summed E-state index contributed by atoms with van der Waals surface area (Å²) in [6, 6.07) is 12.8. The zero-order valence-electron chi connectivity index (χ0n) is 22.5. The Kier molecular flexibility index (Phi) is 7.15. The number of nitrogens with one attached hydrogen (secondary N) is 1. The van der Waals surface area contributed by atoms with Crippen molar-refractivity contribution < 1.29 is 42.9 Å². The van der Waals surface area contributed by atoms with Crippen molar-refractivity contribution in [2.24, 2.45) is 11.8 Å². The Morgan fingerprint density at radius 1 is 1.02 bits per heavy atom. The number of esters is 2. The van der Waals surface area contributed by atoms with Gasteiger partial charge in [0.05, 0.1) is 37.7 Å². The lowest BCUT2D eigenvalue weighted by molar-refractivity contribution is -0.384. The Bertz CT molecular complexity index is 1550. The van der Waals surface area contributed by atoms with Crippen molar-refractivity contribution in [1.82, 2.24) is 0 Å². The van der Waals surface area contributed by atoms with E-state index in [0.29, 0.717) is 22.7 Å². The van der Waals surface area contributed by atoms with E-state index < -0.39 is 28.8 Å². The second-order valence-electron chi connectivity index (χ2n) is 9.92. The quantitative estimate of drug-likeness (QED) is 0.128. The highest BCUT2D eigenvalue weighted by atomic mass is 35.5. The number of cyclic esters (lactones) is 1. The number of non-ortho nitro benzene ring substituents is 1. The highest BCUT2D eigenvalue weighted by Gasteiger charge is 2.52. The molecule has 0 unspecified atom stereocenters. The molecule has 42 heavy (non-hydrogen) atoms. The monoisotopic (exact) mass is 596 g/mol. The van der Waals surface area contributed by atoms with Crippen molar-refractivity contribution in [3.63, 3.8) is 0 Å². The lowest BCUT2D eigenvalue weighted by Gasteiger charge is -2.40. The van der Waals surface area contributed by atoms with Gasteiger partial charge in [0, 0.05) is 29.7 Å². The maximum Gasteiger partial charge on any atom is 0.326 e. The minimum absolute atomic E-state index is 0.0339. The van der Waals surface area contributed by atoms with Gasteiger partial charge in [0.2, 0.25) is 12.5 Å². The number of carbonyl (C=O) groups excluding carboxylic acids is 2. The lowest BCUT2D eigenvalue weighted by Crippen LogP contribution is -2.37. The summed E-state index contributed by atoms with van der Waals surface area (Å²) in [6.07, 6.45) is 0. The molecule has 1 N–H and O–H groups in total. The van der Waals surface area contributed by atoms with Crippen molar-refractivity contribution in [3.8, 4) is 28.7 Å². The second kappa shape index (κ2) is 10.9. The molecule has 1 saturated heterocycles. The normalized spacial score (nSPS) is 21.5. The van der Waals surface area contributed by atoms with Gasteiger partial charge in [0.15, 0.2) is 23.0 Å². The summed E-state index contributed by atoms with van der Waals surface area (Å²) in [5, 5.41) is 14.6. The maximum absolute atomic E-state index is 13.4. The molecule has 0 aromatic heterocycles. The minimum Gasteiger partial charge on any atom is -0.493 e. The summed E-state index contributed by atoms with van der Waals surface area (Å²) >= 11 is 5.65. The predicted octanol–water partition coefficient (Wildman–Crippen LogP) is 4.57. The predicted molar refractivity (Wildman–Crippen MR) is 148 cm³/mol. The van der Waals surface area contributed by atoms with Gasteiger partial charge >= 0.3 is 11.9 Å². The van der Waals surface area contributed by atoms with E-state index in [4.69, 9.17) is 40.0 Å². The number of alkyl halides is 1. The van der Waals surface area contributed by atoms with Gasteiger partial charge in [-0.3, -0.25) is 19.7 Å². The van der Waals surface area contributed by atoms with E-state index in [1.807, 2.05) is 12.1 Å². The van der Waals surface area contributed by atoms with Crippen LogP contribution in [0.2, 0.25) is 0 Å². The van der Waals surface area contributed by atoms with Crippen molar-refractivity contribution in [2.75, 3.05) is 38.8 Å². The summed E-state index contributed by atoms with van der Waals surface area (Å²) in [7, 11) is 2.86. The Hall–Kier alpha value is -4.71. The fourth-order valence-electron chi connectivity index (χ4n) is 5.93. The van der Waals surface area contributed by atoms with Crippen LogP contribution in [0.1, 0.15) is 28.7 Å². The smallest absolute Gasteiger partial charge is 0.326 e. The van der Waals surface area contributed by atoms with Gasteiger partial charge in [-0.15, -0.1) is 11.6 Å². The van der Waals surface area contributed by atoms with E-state index >= 15 is 0 Å². The molecule has 12 nitrogen and oxygen atoms in total. The van der Waals surface area contributed by atoms with Crippen LogP contribution in [0.5, 0.6) is 28.7 Å². The van der Waals surface area contributed by atoms with Crippen molar-refractivity contribution in [3.05, 3.63) is 75.3 Å². The molecular formula is C29H25ClN2O10. The maximum atomic E-state index is 13.4. The number of carbonyl (C=O) groups is 2. The number of anilines is 1. The molecule has 0 spiro atoms. The molecule has 4 atom stereocenters. The molecule has 6 rings (SSSR count). The first-order valence-electron chi connectivity index (χ1n) is 13.0. The van der Waals surface area contributed by atoms with Gasteiger partial charge in [0.25, 0.3) is 5.69 Å². The van der Waals surface area contributed by atoms with Crippen LogP contribution in [0.15, 0.2) is 48.5 Å². The number of methoxy groups -OCH3 is 2. The van der Waals surface area contributed by atoms with Crippen molar-refractivity contribution in [1.29, 1.82) is 0 Å². The van der Waals surface area contributed by atoms with E-state index in [1.54, 1.807) is 24.3 Å². The summed E-state index contributed by atoms with van der Waals surface area (Å²) < 4.78 is 33.6. The third-order valence-electron chi connectivity index (χ3n) is 7.75. The first-order chi connectivity index (χ1) is 20.3. The average Bonchev–Trinajstić information content (AvgIpc) is 3.62. The summed E-state index contributed by atoms with van der Waals surface area (Å²) in [4.78, 5) is 36.1. The Labute approximate surface area is 244 Å². The van der Waals surface area contributed by atoms with E-state index in [2.05, 4.69) is 5.32 Å². The van der Waals surface area contributed by atoms with Gasteiger partial charge in [-0.05, 0) is 53.1 Å². The molecule has 0 radical (unpaired) electrons. The van der Waals surface area contributed by atoms with Gasteiger partial charge < -0.3 is 33.7 Å². The van der Waals surface area contributed by atoms with E-state index in [1.165, 1.54) is 26.4 Å². The first kappa shape index (κ1) is 27.5. The summed E-state index contributed by atoms with van der Waals surface area (Å²) in [6.45, 7) is 0.207. The van der Waals surface area contributed by atoms with Gasteiger partial charge in [-0.2, -0.15) is 0 Å². The number of nitrogens with zero attached hydrogens (tertiary/aromatic N) is 1. The van der Waals surface area contributed by atoms with Crippen LogP contribution >= 0.6 is 11.6 Å². The number of hydrogen-bond acceptors (Lipinski definition) is 11. The molecule has 3 aliphatic rings. The molecule has 0 amide bonds. The van der Waals surface area contributed by atoms with Crippen LogP contribution in [-0.2, 0) is 14.3 Å². The standard InChI is InChI=1S/C29H25ClN2O10/c1-37-22-7-14(8-23(38-2)28(22)42-24(33)11-30)25-17-9-20-21(41-13-40-20)10-18(17)27(19-12-39-29(34)26(19)25)31-15-3-5-16(6-4-15)32(35)36/h3-10,19,25-27,31H,11-13H2,1-2H3/t19-,25+,26-,27+/m0/s1. The number of fused-ring (bicyclic) bond motifs is 3. The zero-order chi connectivity index (χ0) is 29.5. The zero-order valence-corrected chi connectivity index (χ0v) is 23.2. The molecule has 0 bridgehead atoms. The topological polar surface area (TPSA) is 145 Å². The Morgan fingerprint density at radius 3 is 2.26 bits per heavy atom. The first-order valence-corrected chi connectivity index (χ1v) is 13.5. The van der Waals surface area contributed by atoms with Crippen LogP contribution in [0, 0.1) is 22.0 Å². The van der Waals surface area contributed by atoms with E-state index in [-0.39, 0.29) is 54.1 Å². The number of hydrogen-bond donors (Lipinski definition) is 1. The molecular weight excluding hydrogens is 572 g/mol. The molecule has 1 aliphatic carbocycles. The average molecular weight is 597 g/mol. The molecule has 2 heterocycles. The van der Waals surface area contributed by atoms with Gasteiger partial charge in [-0.25, -0.2) is 0 Å². The number of nitro groups is 1. The van der Waals surface area contributed by atoms with Gasteiger partial charge in [-0.1, -0.05) is 0 Å². The fourth-order valence-corrected chi connectivity index (χ4v) is 5.98. The number of nitro benzene ring substituents is 1. The third kappa shape index (κ3) is 4.67. The highest BCUT2D eigenvalue weighted by molar-refractivity contribution is 6.26. The second-order valence-corrected chi connectivity index (χ2v) is 10.2. The van der Waals surface area contributed by atoms with Crippen molar-refractivity contribution in [2.45, 2.75) is 12.0 Å². The third-order valence-corrected chi connectivity index (χ3v) is 7.97. The van der Waals surface area contributed by atoms with E-state index in [9.17, 15) is 19.7 Å². The van der Waals surface area contributed by atoms with Crippen LogP contribution in [0.3, 0.4) is 0 Å². The molecule has 13 heteroatoms. The molecule has 1 fully saturated rings. The Morgan fingerprint density at radius 2 is 1.67 bits per heavy atom. The number of benzene rings is 3. The molecule has 2 aliphatic heterocycles. The summed E-state index contributed by atoms with van der Waals surface area (Å²) in [5.74, 6) is -1.29. The van der Waals surface area contributed by atoms with Crippen LogP contribution < -0.4 is 29.0 Å². The minimum atomic E-state index is -0.684. The van der Waals surface area contributed by atoms with E-state index in [0.717, 1.165) is 11.1 Å². The molecule has 3 aromatic rings. The molecule has 3 aromatic carbocycles. The van der Waals surface area contributed by atoms with Crippen LogP contribution in [0.4, 0.5) is 11.4 Å². The SMILES string of the molecule is COc1cc([C@@H]2c3cc4c(cc3[C@@H](Nc3ccc([N+](=O)[O-])cc3)[C@H]3COC(=O)[C@H]23)OCO4)cc(OC)c1OC(=O)CCl. The highest BCUT2D eigenvalue weighted by Crippen LogP contribution is 2.56. The molecule has 218 valence electrons. The summed E-state index contributed by atoms with van der Waals surface area (Å²) in [5.41, 5.74) is 2.90. The number of ether oxygens (including phenoxy) is 6. The number of halogens is 1. The fraction of sp³-hybridized carbons (Fsp3) is 0.310. The van der Waals surface area contributed by atoms with Crippen LogP contribution in [-0.4, -0.2) is 50.4 Å². The number of rotatable bonds is 8. The lowest BCUT2D eigenvalue weighted by atomic mass is 9.65. The van der Waals surface area contributed by atoms with Crippen LogP contribution in [0.25, 0.3) is 0 Å².